The molecular weight excluding hydrogens is 230 g/mol. The fourth-order valence-electron chi connectivity index (χ4n) is 1.94. The number of hydrogen-bond acceptors (Lipinski definition) is 4. The van der Waals surface area contributed by atoms with Crippen molar-refractivity contribution >= 4 is 6.09 Å². The molecule has 0 radical (unpaired) electrons. The summed E-state index contributed by atoms with van der Waals surface area (Å²) in [6.07, 6.45) is 3.50. The SMILES string of the molecule is CC(C)(C)OC(=O)NCCNCC1CCCCN1. The van der Waals surface area contributed by atoms with E-state index in [-0.39, 0.29) is 6.09 Å². The van der Waals surface area contributed by atoms with Gasteiger partial charge in [-0.25, -0.2) is 4.79 Å². The van der Waals surface area contributed by atoms with Crippen molar-refractivity contribution in [2.45, 2.75) is 51.7 Å². The second-order valence-corrected chi connectivity index (χ2v) is 5.78. The van der Waals surface area contributed by atoms with Crippen molar-refractivity contribution in [1.29, 1.82) is 0 Å². The van der Waals surface area contributed by atoms with E-state index in [0.29, 0.717) is 12.6 Å². The molecule has 1 rings (SSSR count). The van der Waals surface area contributed by atoms with E-state index in [1.54, 1.807) is 0 Å². The van der Waals surface area contributed by atoms with Crippen molar-refractivity contribution in [3.8, 4) is 0 Å². The van der Waals surface area contributed by atoms with Crippen LogP contribution in [0.1, 0.15) is 40.0 Å². The van der Waals surface area contributed by atoms with Crippen LogP contribution < -0.4 is 16.0 Å². The summed E-state index contributed by atoms with van der Waals surface area (Å²) < 4.78 is 5.14. The molecule has 1 unspecified atom stereocenters. The van der Waals surface area contributed by atoms with Crippen LogP contribution in [0.3, 0.4) is 0 Å². The molecular formula is C13H27N3O2. The molecule has 1 amide bonds. The first-order valence-corrected chi connectivity index (χ1v) is 6.88. The lowest BCUT2D eigenvalue weighted by Gasteiger charge is -2.23. The molecule has 1 aliphatic rings. The molecule has 18 heavy (non-hydrogen) atoms. The predicted octanol–water partition coefficient (Wildman–Crippen LogP) is 1.24. The van der Waals surface area contributed by atoms with Gasteiger partial charge in [0.2, 0.25) is 0 Å². The highest BCUT2D eigenvalue weighted by atomic mass is 16.6. The Kier molecular flexibility index (Phi) is 6.43. The fraction of sp³-hybridized carbons (Fsp3) is 0.923. The van der Waals surface area contributed by atoms with E-state index in [4.69, 9.17) is 4.74 Å². The van der Waals surface area contributed by atoms with Crippen LogP contribution in [0, 0.1) is 0 Å². The largest absolute Gasteiger partial charge is 0.444 e. The molecule has 0 aromatic heterocycles. The molecule has 1 heterocycles. The van der Waals surface area contributed by atoms with Crippen LogP contribution in [0.5, 0.6) is 0 Å². The quantitative estimate of drug-likeness (QED) is 0.649. The number of piperidine rings is 1. The van der Waals surface area contributed by atoms with Gasteiger partial charge in [-0.05, 0) is 40.2 Å². The topological polar surface area (TPSA) is 62.4 Å². The maximum Gasteiger partial charge on any atom is 0.407 e. The molecule has 1 aliphatic heterocycles. The molecule has 5 heteroatoms. The lowest BCUT2D eigenvalue weighted by molar-refractivity contribution is 0.0528. The summed E-state index contributed by atoms with van der Waals surface area (Å²) in [6, 6.07) is 0.584. The standard InChI is InChI=1S/C13H27N3O2/c1-13(2,3)18-12(17)16-9-8-14-10-11-6-4-5-7-15-11/h11,14-15H,4-10H2,1-3H3,(H,16,17). The van der Waals surface area contributed by atoms with E-state index in [2.05, 4.69) is 16.0 Å². The first-order chi connectivity index (χ1) is 8.47. The van der Waals surface area contributed by atoms with Crippen LogP contribution in [-0.4, -0.2) is 43.9 Å². The molecule has 1 fully saturated rings. The summed E-state index contributed by atoms with van der Waals surface area (Å²) in [5.41, 5.74) is -0.427. The summed E-state index contributed by atoms with van der Waals surface area (Å²) in [6.45, 7) is 9.05. The normalized spacial score (nSPS) is 20.5. The van der Waals surface area contributed by atoms with Gasteiger partial charge >= 0.3 is 6.09 Å². The first kappa shape index (κ1) is 15.2. The Morgan fingerprint density at radius 3 is 2.72 bits per heavy atom. The van der Waals surface area contributed by atoms with Crippen molar-refractivity contribution in [2.75, 3.05) is 26.2 Å². The summed E-state index contributed by atoms with van der Waals surface area (Å²) in [5, 5.41) is 9.55. The maximum atomic E-state index is 11.4. The zero-order chi connectivity index (χ0) is 13.4. The Balaban J connectivity index is 1.96. The molecule has 5 nitrogen and oxygen atoms in total. The first-order valence-electron chi connectivity index (χ1n) is 6.88. The highest BCUT2D eigenvalue weighted by molar-refractivity contribution is 5.67. The molecule has 0 aliphatic carbocycles. The summed E-state index contributed by atoms with van der Waals surface area (Å²) in [7, 11) is 0. The maximum absolute atomic E-state index is 11.4. The minimum absolute atomic E-state index is 0.347. The van der Waals surface area contributed by atoms with Crippen LogP contribution in [0.25, 0.3) is 0 Å². The molecule has 0 aromatic rings. The van der Waals surface area contributed by atoms with Gasteiger partial charge in [0.05, 0.1) is 0 Å². The van der Waals surface area contributed by atoms with Crippen LogP contribution >= 0.6 is 0 Å². The van der Waals surface area contributed by atoms with E-state index in [1.807, 2.05) is 20.8 Å². The number of hydrogen-bond donors (Lipinski definition) is 3. The summed E-state index contributed by atoms with van der Waals surface area (Å²) in [4.78, 5) is 11.4. The van der Waals surface area contributed by atoms with Crippen molar-refractivity contribution < 1.29 is 9.53 Å². The molecule has 106 valence electrons. The molecule has 1 atom stereocenters. The molecule has 0 aromatic carbocycles. The predicted molar refractivity (Wildman–Crippen MR) is 72.7 cm³/mol. The highest BCUT2D eigenvalue weighted by Gasteiger charge is 2.15. The number of carbonyl (C=O) groups is 1. The van der Waals surface area contributed by atoms with Crippen LogP contribution in [0.4, 0.5) is 4.79 Å². The van der Waals surface area contributed by atoms with Crippen molar-refractivity contribution in [2.24, 2.45) is 0 Å². The lowest BCUT2D eigenvalue weighted by Crippen LogP contribution is -2.43. The number of nitrogens with one attached hydrogen (secondary N) is 3. The third kappa shape index (κ3) is 7.50. The van der Waals surface area contributed by atoms with E-state index >= 15 is 0 Å². The Bertz CT molecular complexity index is 245. The van der Waals surface area contributed by atoms with Gasteiger partial charge in [0, 0.05) is 25.7 Å². The minimum Gasteiger partial charge on any atom is -0.444 e. The van der Waals surface area contributed by atoms with Gasteiger partial charge in [-0.1, -0.05) is 6.42 Å². The smallest absolute Gasteiger partial charge is 0.407 e. The van der Waals surface area contributed by atoms with Crippen molar-refractivity contribution in [3.05, 3.63) is 0 Å². The zero-order valence-electron chi connectivity index (χ0n) is 11.8. The second kappa shape index (κ2) is 7.59. The minimum atomic E-state index is -0.427. The Labute approximate surface area is 110 Å². The van der Waals surface area contributed by atoms with Gasteiger partial charge in [0.15, 0.2) is 0 Å². The van der Waals surface area contributed by atoms with E-state index in [0.717, 1.165) is 19.6 Å². The van der Waals surface area contributed by atoms with E-state index in [1.165, 1.54) is 19.3 Å². The number of rotatable bonds is 5. The third-order valence-electron chi connectivity index (χ3n) is 2.77. The van der Waals surface area contributed by atoms with Crippen LogP contribution in [0.2, 0.25) is 0 Å². The third-order valence-corrected chi connectivity index (χ3v) is 2.77. The van der Waals surface area contributed by atoms with Gasteiger partial charge in [0.25, 0.3) is 0 Å². The van der Waals surface area contributed by atoms with Gasteiger partial charge in [0.1, 0.15) is 5.60 Å². The second-order valence-electron chi connectivity index (χ2n) is 5.78. The van der Waals surface area contributed by atoms with Gasteiger partial charge in [-0.3, -0.25) is 0 Å². The Morgan fingerprint density at radius 2 is 2.11 bits per heavy atom. The summed E-state index contributed by atoms with van der Waals surface area (Å²) >= 11 is 0. The lowest BCUT2D eigenvalue weighted by atomic mass is 10.1. The highest BCUT2D eigenvalue weighted by Crippen LogP contribution is 2.06. The Morgan fingerprint density at radius 1 is 1.33 bits per heavy atom. The van der Waals surface area contributed by atoms with E-state index in [9.17, 15) is 4.79 Å². The monoisotopic (exact) mass is 257 g/mol. The van der Waals surface area contributed by atoms with Crippen LogP contribution in [-0.2, 0) is 4.74 Å². The number of alkyl carbamates (subject to hydrolysis) is 1. The summed E-state index contributed by atoms with van der Waals surface area (Å²) in [5.74, 6) is 0. The molecule has 0 saturated carbocycles. The molecule has 0 bridgehead atoms. The molecule has 0 spiro atoms. The molecule has 1 saturated heterocycles. The van der Waals surface area contributed by atoms with Crippen molar-refractivity contribution in [1.82, 2.24) is 16.0 Å². The zero-order valence-corrected chi connectivity index (χ0v) is 11.8. The van der Waals surface area contributed by atoms with E-state index < -0.39 is 5.60 Å². The van der Waals surface area contributed by atoms with Gasteiger partial charge in [-0.15, -0.1) is 0 Å². The number of ether oxygens (including phenoxy) is 1. The average molecular weight is 257 g/mol. The van der Waals surface area contributed by atoms with Gasteiger partial charge in [-0.2, -0.15) is 0 Å². The number of amides is 1. The Hall–Kier alpha value is -0.810. The van der Waals surface area contributed by atoms with Crippen molar-refractivity contribution in [3.63, 3.8) is 0 Å². The van der Waals surface area contributed by atoms with Crippen LogP contribution in [0.15, 0.2) is 0 Å². The number of carbonyl (C=O) groups excluding carboxylic acids is 1. The molecule has 3 N–H and O–H groups in total. The average Bonchev–Trinajstić information content (AvgIpc) is 2.27. The van der Waals surface area contributed by atoms with Gasteiger partial charge < -0.3 is 20.7 Å². The fourth-order valence-corrected chi connectivity index (χ4v) is 1.94.